The van der Waals surface area contributed by atoms with E-state index in [-0.39, 0.29) is 0 Å². The van der Waals surface area contributed by atoms with Gasteiger partial charge in [0, 0.05) is 12.7 Å². The van der Waals surface area contributed by atoms with Crippen molar-refractivity contribution in [3.63, 3.8) is 0 Å². The van der Waals surface area contributed by atoms with E-state index in [4.69, 9.17) is 5.26 Å². The minimum atomic E-state index is 0.656. The molecule has 0 amide bonds. The molecule has 0 aromatic carbocycles. The molecule has 3 nitrogen and oxygen atoms in total. The highest BCUT2D eigenvalue weighted by Crippen LogP contribution is 2.24. The Hall–Kier alpha value is -1.56. The van der Waals surface area contributed by atoms with Gasteiger partial charge in [-0.15, -0.1) is 0 Å². The number of fused-ring (bicyclic) bond motifs is 1. The van der Waals surface area contributed by atoms with Crippen molar-refractivity contribution in [1.82, 2.24) is 4.98 Å². The van der Waals surface area contributed by atoms with Crippen molar-refractivity contribution in [3.05, 3.63) is 22.9 Å². The lowest BCUT2D eigenvalue weighted by molar-refractivity contribution is 0.900. The highest BCUT2D eigenvalue weighted by molar-refractivity contribution is 5.54. The van der Waals surface area contributed by atoms with E-state index in [0.29, 0.717) is 11.4 Å². The summed E-state index contributed by atoms with van der Waals surface area (Å²) in [4.78, 5) is 4.41. The SMILES string of the molecule is CNc1nc2c(cc1C#N)CCC2. The molecule has 0 saturated heterocycles. The molecule has 0 radical (unpaired) electrons. The van der Waals surface area contributed by atoms with Crippen molar-refractivity contribution < 1.29 is 0 Å². The van der Waals surface area contributed by atoms with Crippen molar-refractivity contribution in [3.8, 4) is 6.07 Å². The molecule has 1 N–H and O–H groups in total. The van der Waals surface area contributed by atoms with Crippen molar-refractivity contribution >= 4 is 5.82 Å². The summed E-state index contributed by atoms with van der Waals surface area (Å²) in [5.74, 6) is 0.711. The van der Waals surface area contributed by atoms with Gasteiger partial charge in [-0.05, 0) is 30.9 Å². The predicted molar refractivity (Wildman–Crippen MR) is 50.5 cm³/mol. The van der Waals surface area contributed by atoms with Crippen molar-refractivity contribution in [2.75, 3.05) is 12.4 Å². The third-order valence-electron chi connectivity index (χ3n) is 2.41. The number of hydrogen-bond acceptors (Lipinski definition) is 3. The fourth-order valence-corrected chi connectivity index (χ4v) is 1.75. The van der Waals surface area contributed by atoms with E-state index in [9.17, 15) is 0 Å². The zero-order valence-electron chi connectivity index (χ0n) is 7.59. The number of aryl methyl sites for hydroxylation is 2. The molecule has 3 heteroatoms. The van der Waals surface area contributed by atoms with E-state index in [1.165, 1.54) is 12.0 Å². The Balaban J connectivity index is 2.55. The number of aromatic nitrogens is 1. The molecule has 1 aliphatic rings. The molecule has 1 aromatic heterocycles. The maximum absolute atomic E-state index is 8.85. The Labute approximate surface area is 77.4 Å². The van der Waals surface area contributed by atoms with Crippen LogP contribution in [-0.4, -0.2) is 12.0 Å². The summed E-state index contributed by atoms with van der Waals surface area (Å²) in [7, 11) is 1.80. The zero-order chi connectivity index (χ0) is 9.26. The lowest BCUT2D eigenvalue weighted by Crippen LogP contribution is -1.99. The van der Waals surface area contributed by atoms with Gasteiger partial charge in [-0.25, -0.2) is 4.98 Å². The summed E-state index contributed by atoms with van der Waals surface area (Å²) in [5, 5.41) is 11.8. The first kappa shape index (κ1) is 8.06. The van der Waals surface area contributed by atoms with Gasteiger partial charge in [-0.1, -0.05) is 0 Å². The third kappa shape index (κ3) is 1.25. The van der Waals surface area contributed by atoms with Gasteiger partial charge >= 0.3 is 0 Å². The quantitative estimate of drug-likeness (QED) is 0.699. The van der Waals surface area contributed by atoms with Crippen LogP contribution < -0.4 is 5.32 Å². The number of hydrogen-bond donors (Lipinski definition) is 1. The molecule has 1 aromatic rings. The maximum atomic E-state index is 8.85. The Morgan fingerprint density at radius 2 is 2.38 bits per heavy atom. The number of nitrogens with zero attached hydrogens (tertiary/aromatic N) is 2. The maximum Gasteiger partial charge on any atom is 0.143 e. The van der Waals surface area contributed by atoms with Crippen LogP contribution in [0.25, 0.3) is 0 Å². The topological polar surface area (TPSA) is 48.7 Å². The first-order chi connectivity index (χ1) is 6.35. The van der Waals surface area contributed by atoms with Gasteiger partial charge in [-0.2, -0.15) is 5.26 Å². The second-order valence-electron chi connectivity index (χ2n) is 3.21. The Bertz CT molecular complexity index is 376. The largest absolute Gasteiger partial charge is 0.372 e. The van der Waals surface area contributed by atoms with E-state index in [1.54, 1.807) is 7.05 Å². The van der Waals surface area contributed by atoms with Crippen molar-refractivity contribution in [2.24, 2.45) is 0 Å². The molecule has 1 heterocycles. The van der Waals surface area contributed by atoms with E-state index in [2.05, 4.69) is 16.4 Å². The number of pyridine rings is 1. The summed E-state index contributed by atoms with van der Waals surface area (Å²) < 4.78 is 0. The van der Waals surface area contributed by atoms with Gasteiger partial charge in [0.2, 0.25) is 0 Å². The summed E-state index contributed by atoms with van der Waals surface area (Å²) in [6.45, 7) is 0. The van der Waals surface area contributed by atoms with Crippen LogP contribution in [0, 0.1) is 11.3 Å². The lowest BCUT2D eigenvalue weighted by Gasteiger charge is -2.05. The van der Waals surface area contributed by atoms with Crippen LogP contribution in [0.4, 0.5) is 5.82 Å². The van der Waals surface area contributed by atoms with Gasteiger partial charge in [-0.3, -0.25) is 0 Å². The molecule has 0 bridgehead atoms. The van der Waals surface area contributed by atoms with Crippen LogP contribution in [-0.2, 0) is 12.8 Å². The Kier molecular flexibility index (Phi) is 1.90. The molecule has 0 spiro atoms. The zero-order valence-corrected chi connectivity index (χ0v) is 7.59. The van der Waals surface area contributed by atoms with E-state index in [1.807, 2.05) is 6.07 Å². The smallest absolute Gasteiger partial charge is 0.143 e. The molecule has 66 valence electrons. The second-order valence-corrected chi connectivity index (χ2v) is 3.21. The normalized spacial score (nSPS) is 13.5. The van der Waals surface area contributed by atoms with E-state index >= 15 is 0 Å². The van der Waals surface area contributed by atoms with Gasteiger partial charge in [0.15, 0.2) is 0 Å². The minimum Gasteiger partial charge on any atom is -0.372 e. The van der Waals surface area contributed by atoms with Crippen LogP contribution in [0.1, 0.15) is 23.2 Å². The molecule has 0 fully saturated rings. The van der Waals surface area contributed by atoms with Gasteiger partial charge in [0.1, 0.15) is 11.9 Å². The fraction of sp³-hybridized carbons (Fsp3) is 0.400. The number of nitrogens with one attached hydrogen (secondary N) is 1. The average molecular weight is 173 g/mol. The minimum absolute atomic E-state index is 0.656. The molecule has 1 aliphatic carbocycles. The highest BCUT2D eigenvalue weighted by atomic mass is 15.0. The number of anilines is 1. The molecule has 0 unspecified atom stereocenters. The standard InChI is InChI=1S/C10H11N3/c1-12-10-8(6-11)5-7-3-2-4-9(7)13-10/h5H,2-4H2,1H3,(H,12,13). The first-order valence-electron chi connectivity index (χ1n) is 4.46. The molecule has 0 atom stereocenters. The first-order valence-corrected chi connectivity index (χ1v) is 4.46. The number of nitriles is 1. The average Bonchev–Trinajstić information content (AvgIpc) is 2.62. The van der Waals surface area contributed by atoms with E-state index < -0.39 is 0 Å². The van der Waals surface area contributed by atoms with Crippen LogP contribution in [0.5, 0.6) is 0 Å². The van der Waals surface area contributed by atoms with Crippen LogP contribution in [0.3, 0.4) is 0 Å². The molecule has 0 aliphatic heterocycles. The van der Waals surface area contributed by atoms with E-state index in [0.717, 1.165) is 18.5 Å². The summed E-state index contributed by atoms with van der Waals surface area (Å²) in [5.41, 5.74) is 3.06. The molecule has 2 rings (SSSR count). The lowest BCUT2D eigenvalue weighted by atomic mass is 10.1. The molecular formula is C10H11N3. The predicted octanol–water partition coefficient (Wildman–Crippen LogP) is 1.48. The monoisotopic (exact) mass is 173 g/mol. The Morgan fingerprint density at radius 3 is 3.08 bits per heavy atom. The van der Waals surface area contributed by atoms with Gasteiger partial charge in [0.05, 0.1) is 5.56 Å². The van der Waals surface area contributed by atoms with Gasteiger partial charge < -0.3 is 5.32 Å². The summed E-state index contributed by atoms with van der Waals surface area (Å²) in [6.07, 6.45) is 3.29. The molecular weight excluding hydrogens is 162 g/mol. The van der Waals surface area contributed by atoms with Gasteiger partial charge in [0.25, 0.3) is 0 Å². The third-order valence-corrected chi connectivity index (χ3v) is 2.41. The second kappa shape index (κ2) is 3.06. The van der Waals surface area contributed by atoms with Crippen molar-refractivity contribution in [1.29, 1.82) is 5.26 Å². The summed E-state index contributed by atoms with van der Waals surface area (Å²) >= 11 is 0. The Morgan fingerprint density at radius 1 is 1.54 bits per heavy atom. The van der Waals surface area contributed by atoms with Crippen LogP contribution in [0.2, 0.25) is 0 Å². The van der Waals surface area contributed by atoms with Crippen LogP contribution >= 0.6 is 0 Å². The van der Waals surface area contributed by atoms with Crippen LogP contribution in [0.15, 0.2) is 6.07 Å². The molecule has 13 heavy (non-hydrogen) atoms. The fourth-order valence-electron chi connectivity index (χ4n) is 1.75. The van der Waals surface area contributed by atoms with Crippen molar-refractivity contribution in [2.45, 2.75) is 19.3 Å². The summed E-state index contributed by atoms with van der Waals surface area (Å²) in [6, 6.07) is 4.11. The highest BCUT2D eigenvalue weighted by Gasteiger charge is 2.15. The number of rotatable bonds is 1. The molecule has 0 saturated carbocycles.